The molecule has 0 saturated carbocycles. The van der Waals surface area contributed by atoms with Crippen LogP contribution in [0.2, 0.25) is 0 Å². The Morgan fingerprint density at radius 1 is 0.714 bits per heavy atom. The third kappa shape index (κ3) is 4.64. The molecule has 0 amide bonds. The van der Waals surface area contributed by atoms with Gasteiger partial charge in [0.1, 0.15) is 5.60 Å². The molecule has 154 valence electrons. The molecule has 2 aliphatic heterocycles. The zero-order chi connectivity index (χ0) is 20.6. The Morgan fingerprint density at radius 3 is 1.50 bits per heavy atom. The largest absolute Gasteiger partial charge is 0.381 e. The molecular weight excluding hydrogens is 348 g/mol. The zero-order valence-corrected chi connectivity index (χ0v) is 18.3. The normalized spacial score (nSPS) is 18.0. The maximum atomic E-state index is 11.8. The van der Waals surface area contributed by atoms with Gasteiger partial charge in [0.05, 0.1) is 26.4 Å². The van der Waals surface area contributed by atoms with Gasteiger partial charge in [-0.15, -0.1) is 0 Å². The van der Waals surface area contributed by atoms with Gasteiger partial charge < -0.3 is 24.7 Å². The summed E-state index contributed by atoms with van der Waals surface area (Å²) in [6, 6.07) is 10.1. The van der Waals surface area contributed by atoms with Crippen LogP contribution in [0.5, 0.6) is 0 Å². The predicted octanol–water partition coefficient (Wildman–Crippen LogP) is 3.56. The predicted molar refractivity (Wildman–Crippen MR) is 115 cm³/mol. The van der Waals surface area contributed by atoms with Gasteiger partial charge in [-0.3, -0.25) is 0 Å². The van der Waals surface area contributed by atoms with E-state index in [-0.39, 0.29) is 11.1 Å². The molecule has 0 fully saturated rings. The van der Waals surface area contributed by atoms with E-state index < -0.39 is 5.60 Å². The fraction of sp³-hybridized carbons (Fsp3) is 0.565. The minimum Gasteiger partial charge on any atom is -0.381 e. The van der Waals surface area contributed by atoms with Crippen LogP contribution in [0.15, 0.2) is 55.1 Å². The van der Waals surface area contributed by atoms with E-state index in [9.17, 15) is 5.11 Å². The number of hydrogen-bond donors (Lipinski definition) is 1. The highest BCUT2D eigenvalue weighted by molar-refractivity contribution is 5.24. The van der Waals surface area contributed by atoms with Gasteiger partial charge in [-0.2, -0.15) is 0 Å². The lowest BCUT2D eigenvalue weighted by atomic mass is 9.92. The maximum Gasteiger partial charge on any atom is 0.124 e. The van der Waals surface area contributed by atoms with Crippen molar-refractivity contribution >= 4 is 0 Å². The van der Waals surface area contributed by atoms with E-state index in [2.05, 4.69) is 85.9 Å². The first kappa shape index (κ1) is 20.6. The Kier molecular flexibility index (Phi) is 5.41. The van der Waals surface area contributed by atoms with Crippen LogP contribution in [0.3, 0.4) is 0 Å². The molecule has 0 atom stereocenters. The summed E-state index contributed by atoms with van der Waals surface area (Å²) in [5.74, 6) is 0. The second-order valence-electron chi connectivity index (χ2n) is 10.1. The van der Waals surface area contributed by atoms with Crippen molar-refractivity contribution in [2.75, 3.05) is 26.4 Å². The van der Waals surface area contributed by atoms with Crippen LogP contribution in [-0.4, -0.2) is 62.2 Å². The topological polar surface area (TPSA) is 33.2 Å². The Hall–Kier alpha value is -2.14. The van der Waals surface area contributed by atoms with Gasteiger partial charge in [-0.1, -0.05) is 30.3 Å². The summed E-state index contributed by atoms with van der Waals surface area (Å²) in [6.45, 7) is 16.0. The molecule has 0 aromatic heterocycles. The molecule has 0 aliphatic carbocycles. The summed E-state index contributed by atoms with van der Waals surface area (Å²) in [5.41, 5.74) is 0.139. The molecule has 1 N–H and O–H groups in total. The lowest BCUT2D eigenvalue weighted by molar-refractivity contribution is -0.0223. The van der Waals surface area contributed by atoms with Gasteiger partial charge in [0.25, 0.3) is 0 Å². The lowest BCUT2D eigenvalue weighted by Crippen LogP contribution is -2.49. The van der Waals surface area contributed by atoms with Gasteiger partial charge in [-0.25, -0.2) is 0 Å². The van der Waals surface area contributed by atoms with Crippen molar-refractivity contribution in [2.24, 2.45) is 0 Å². The maximum absolute atomic E-state index is 11.8. The molecule has 0 bridgehead atoms. The fourth-order valence-electron chi connectivity index (χ4n) is 3.66. The summed E-state index contributed by atoms with van der Waals surface area (Å²) in [6.07, 6.45) is 8.45. The van der Waals surface area contributed by atoms with E-state index in [1.54, 1.807) is 0 Å². The first-order valence-electron chi connectivity index (χ1n) is 10.1. The Labute approximate surface area is 170 Å². The highest BCUT2D eigenvalue weighted by Gasteiger charge is 2.36. The number of nitrogens with zero attached hydrogens (tertiary/aromatic N) is 4. The minimum atomic E-state index is -0.961. The second-order valence-corrected chi connectivity index (χ2v) is 10.1. The van der Waals surface area contributed by atoms with Crippen LogP contribution in [0.1, 0.15) is 47.1 Å². The van der Waals surface area contributed by atoms with Crippen molar-refractivity contribution in [2.45, 2.75) is 58.2 Å². The fourth-order valence-corrected chi connectivity index (χ4v) is 3.66. The van der Waals surface area contributed by atoms with Crippen LogP contribution < -0.4 is 0 Å². The molecule has 5 heteroatoms. The molecule has 1 aromatic rings. The molecule has 3 rings (SSSR count). The van der Waals surface area contributed by atoms with Gasteiger partial charge in [0.2, 0.25) is 0 Å². The quantitative estimate of drug-likeness (QED) is 0.839. The number of β-amino-alcohol motifs (C(OH)–C–C–N with tert-alkyl or cyclic N) is 1. The van der Waals surface area contributed by atoms with Crippen molar-refractivity contribution in [3.8, 4) is 0 Å². The highest BCUT2D eigenvalue weighted by Crippen LogP contribution is 2.29. The third-order valence-electron chi connectivity index (χ3n) is 5.55. The summed E-state index contributed by atoms with van der Waals surface area (Å²) in [5, 5.41) is 11.8. The third-order valence-corrected chi connectivity index (χ3v) is 5.55. The molecule has 2 heterocycles. The molecule has 0 radical (unpaired) electrons. The summed E-state index contributed by atoms with van der Waals surface area (Å²) in [7, 11) is 0. The monoisotopic (exact) mass is 384 g/mol. The van der Waals surface area contributed by atoms with Gasteiger partial charge in [0.15, 0.2) is 0 Å². The van der Waals surface area contributed by atoms with E-state index in [1.807, 2.05) is 30.3 Å². The standard InChI is InChI=1S/C23H36N4O/c1-21(2,3)26-14-12-24(18-26)16-23(28,20-10-8-7-9-11-20)17-25-13-15-27(19-25)22(4,5)6/h7-15,28H,16-19H2,1-6H3. The van der Waals surface area contributed by atoms with Crippen molar-refractivity contribution in [1.29, 1.82) is 0 Å². The first-order chi connectivity index (χ1) is 13.0. The molecular formula is C23H36N4O. The van der Waals surface area contributed by atoms with Crippen molar-refractivity contribution < 1.29 is 5.11 Å². The van der Waals surface area contributed by atoms with E-state index in [0.29, 0.717) is 13.1 Å². The van der Waals surface area contributed by atoms with Gasteiger partial charge >= 0.3 is 0 Å². The van der Waals surface area contributed by atoms with Crippen LogP contribution >= 0.6 is 0 Å². The second kappa shape index (κ2) is 7.36. The number of aliphatic hydroxyl groups is 1. The molecule has 0 spiro atoms. The number of hydrogen-bond acceptors (Lipinski definition) is 5. The molecule has 0 saturated heterocycles. The highest BCUT2D eigenvalue weighted by atomic mass is 16.3. The minimum absolute atomic E-state index is 0.0704. The van der Waals surface area contributed by atoms with Crippen LogP contribution in [0.4, 0.5) is 0 Å². The summed E-state index contributed by atoms with van der Waals surface area (Å²) >= 11 is 0. The molecule has 0 unspecified atom stereocenters. The Bertz CT molecular complexity index is 674. The average Bonchev–Trinajstić information content (AvgIpc) is 3.24. The van der Waals surface area contributed by atoms with Crippen LogP contribution in [0.25, 0.3) is 0 Å². The summed E-state index contributed by atoms with van der Waals surface area (Å²) < 4.78 is 0. The molecule has 1 aromatic carbocycles. The number of benzene rings is 1. The molecule has 5 nitrogen and oxygen atoms in total. The summed E-state index contributed by atoms with van der Waals surface area (Å²) in [4.78, 5) is 9.02. The molecule has 28 heavy (non-hydrogen) atoms. The SMILES string of the molecule is CC(C)(C)N1C=CN(CC(O)(CN2C=CN(C(C)(C)C)C2)c2ccccc2)C1. The van der Waals surface area contributed by atoms with Crippen molar-refractivity contribution in [3.63, 3.8) is 0 Å². The molecule has 2 aliphatic rings. The van der Waals surface area contributed by atoms with Crippen molar-refractivity contribution in [3.05, 3.63) is 60.7 Å². The van der Waals surface area contributed by atoms with Crippen molar-refractivity contribution in [1.82, 2.24) is 19.6 Å². The van der Waals surface area contributed by atoms with Crippen LogP contribution in [0, 0.1) is 0 Å². The van der Waals surface area contributed by atoms with Gasteiger partial charge in [-0.05, 0) is 47.1 Å². The average molecular weight is 385 g/mol. The van der Waals surface area contributed by atoms with Crippen LogP contribution in [-0.2, 0) is 5.60 Å². The number of rotatable bonds is 5. The van der Waals surface area contributed by atoms with E-state index in [0.717, 1.165) is 18.9 Å². The van der Waals surface area contributed by atoms with E-state index >= 15 is 0 Å². The Balaban J connectivity index is 1.75. The smallest absolute Gasteiger partial charge is 0.124 e. The van der Waals surface area contributed by atoms with E-state index in [1.165, 1.54) is 0 Å². The van der Waals surface area contributed by atoms with E-state index in [4.69, 9.17) is 0 Å². The Morgan fingerprint density at radius 2 is 1.14 bits per heavy atom. The lowest BCUT2D eigenvalue weighted by Gasteiger charge is -2.39. The van der Waals surface area contributed by atoms with Gasteiger partial charge in [0, 0.05) is 35.9 Å². The zero-order valence-electron chi connectivity index (χ0n) is 18.3. The first-order valence-corrected chi connectivity index (χ1v) is 10.1.